The first-order chi connectivity index (χ1) is 8.97. The quantitative estimate of drug-likeness (QED) is 0.692. The van der Waals surface area contributed by atoms with Gasteiger partial charge in [0.2, 0.25) is 5.95 Å². The number of piperazine rings is 1. The van der Waals surface area contributed by atoms with Crippen LogP contribution in [-0.2, 0) is 0 Å². The van der Waals surface area contributed by atoms with Crippen molar-refractivity contribution in [3.63, 3.8) is 0 Å². The van der Waals surface area contributed by atoms with Crippen molar-refractivity contribution in [3.05, 3.63) is 11.4 Å². The summed E-state index contributed by atoms with van der Waals surface area (Å²) in [5.41, 5.74) is 1.21. The van der Waals surface area contributed by atoms with Gasteiger partial charge in [-0.25, -0.2) is 9.97 Å². The summed E-state index contributed by atoms with van der Waals surface area (Å²) in [6.45, 7) is 7.28. The van der Waals surface area contributed by atoms with Crippen molar-refractivity contribution in [2.75, 3.05) is 38.1 Å². The molecule has 1 aromatic heterocycles. The lowest BCUT2D eigenvalue weighted by Gasteiger charge is -2.32. The third-order valence-corrected chi connectivity index (χ3v) is 3.20. The number of likely N-dealkylation sites (N-methyl/N-ethyl adjacent to an activating group) is 1. The zero-order valence-electron chi connectivity index (χ0n) is 11.5. The van der Waals surface area contributed by atoms with Gasteiger partial charge in [0.25, 0.3) is 0 Å². The van der Waals surface area contributed by atoms with Crippen LogP contribution in [0.2, 0.25) is 0 Å². The molecule has 104 valence electrons. The van der Waals surface area contributed by atoms with E-state index in [0.717, 1.165) is 26.2 Å². The summed E-state index contributed by atoms with van der Waals surface area (Å²) in [5.74, 6) is 0.996. The molecule has 1 saturated heterocycles. The van der Waals surface area contributed by atoms with Crippen LogP contribution in [0.3, 0.4) is 0 Å². The van der Waals surface area contributed by atoms with Crippen LogP contribution < -0.4 is 9.55 Å². The lowest BCUT2D eigenvalue weighted by molar-refractivity contribution is 0.284. The molecule has 0 atom stereocenters. The summed E-state index contributed by atoms with van der Waals surface area (Å²) in [4.78, 5) is 13.2. The molecule has 0 aromatic carbocycles. The third kappa shape index (κ3) is 3.34. The van der Waals surface area contributed by atoms with Crippen molar-refractivity contribution >= 4 is 13.3 Å². The molecule has 1 aliphatic rings. The largest absolute Gasteiger partial charge is 0.707 e. The van der Waals surface area contributed by atoms with Crippen LogP contribution in [0.1, 0.15) is 11.4 Å². The highest BCUT2D eigenvalue weighted by molar-refractivity contribution is 6.33. The van der Waals surface area contributed by atoms with Crippen molar-refractivity contribution in [1.82, 2.24) is 14.9 Å². The molecule has 7 nitrogen and oxygen atoms in total. The van der Waals surface area contributed by atoms with Gasteiger partial charge < -0.3 is 24.5 Å². The Bertz CT molecular complexity index is 427. The van der Waals surface area contributed by atoms with E-state index >= 15 is 0 Å². The number of aromatic nitrogens is 2. The van der Waals surface area contributed by atoms with Crippen molar-refractivity contribution < 1.29 is 14.7 Å². The Morgan fingerprint density at radius 1 is 1.05 bits per heavy atom. The maximum atomic E-state index is 8.86. The number of rotatable bonds is 3. The molecule has 2 N–H and O–H groups in total. The first-order valence-electron chi connectivity index (χ1n) is 6.29. The van der Waals surface area contributed by atoms with Crippen molar-refractivity contribution in [2.24, 2.45) is 0 Å². The molecule has 19 heavy (non-hydrogen) atoms. The molecule has 2 heterocycles. The Kier molecular flexibility index (Phi) is 4.23. The van der Waals surface area contributed by atoms with Gasteiger partial charge in [-0.3, -0.25) is 0 Å². The summed E-state index contributed by atoms with van der Waals surface area (Å²) in [6, 6.07) is 0. The van der Waals surface area contributed by atoms with Crippen LogP contribution in [0.5, 0.6) is 5.75 Å². The first-order valence-corrected chi connectivity index (χ1v) is 6.29. The van der Waals surface area contributed by atoms with Crippen molar-refractivity contribution in [3.8, 4) is 5.75 Å². The molecule has 1 aromatic rings. The second-order valence-corrected chi connectivity index (χ2v) is 4.76. The fourth-order valence-electron chi connectivity index (χ4n) is 2.11. The number of hydrogen-bond donors (Lipinski definition) is 2. The van der Waals surface area contributed by atoms with Crippen LogP contribution in [0.4, 0.5) is 5.95 Å². The van der Waals surface area contributed by atoms with E-state index in [4.69, 9.17) is 14.7 Å². The minimum Gasteiger partial charge on any atom is -0.509 e. The van der Waals surface area contributed by atoms with Crippen molar-refractivity contribution in [2.45, 2.75) is 13.8 Å². The molecule has 0 saturated carbocycles. The lowest BCUT2D eigenvalue weighted by Crippen LogP contribution is -2.45. The SMILES string of the molecule is Cc1nc(N2CCN(C)CC2)nc(C)c1OB(O)O. The van der Waals surface area contributed by atoms with Gasteiger partial charge >= 0.3 is 7.32 Å². The summed E-state index contributed by atoms with van der Waals surface area (Å²) in [5, 5.41) is 17.7. The van der Waals surface area contributed by atoms with E-state index in [1.807, 2.05) is 0 Å². The molecule has 8 heteroatoms. The molecular weight excluding hydrogens is 247 g/mol. The van der Waals surface area contributed by atoms with E-state index in [2.05, 4.69) is 26.8 Å². The zero-order chi connectivity index (χ0) is 14.0. The van der Waals surface area contributed by atoms with Crippen LogP contribution >= 0.6 is 0 Å². The Morgan fingerprint density at radius 3 is 2.05 bits per heavy atom. The summed E-state index contributed by atoms with van der Waals surface area (Å²) >= 11 is 0. The molecule has 1 aliphatic heterocycles. The van der Waals surface area contributed by atoms with E-state index in [-0.39, 0.29) is 0 Å². The highest BCUT2D eigenvalue weighted by Crippen LogP contribution is 2.23. The maximum Gasteiger partial charge on any atom is 0.707 e. The van der Waals surface area contributed by atoms with E-state index in [1.165, 1.54) is 0 Å². The zero-order valence-corrected chi connectivity index (χ0v) is 11.5. The van der Waals surface area contributed by atoms with E-state index in [0.29, 0.717) is 23.1 Å². The smallest absolute Gasteiger partial charge is 0.509 e. The van der Waals surface area contributed by atoms with Crippen LogP contribution in [0, 0.1) is 13.8 Å². The molecule has 0 unspecified atom stereocenters. The van der Waals surface area contributed by atoms with Gasteiger partial charge in [0.15, 0.2) is 0 Å². The van der Waals surface area contributed by atoms with E-state index in [1.54, 1.807) is 13.8 Å². The molecule has 1 fully saturated rings. The van der Waals surface area contributed by atoms with Gasteiger partial charge in [-0.2, -0.15) is 0 Å². The average molecular weight is 266 g/mol. The molecule has 0 aliphatic carbocycles. The Labute approximate surface area is 113 Å². The molecule has 0 spiro atoms. The van der Waals surface area contributed by atoms with Gasteiger partial charge in [-0.15, -0.1) is 0 Å². The van der Waals surface area contributed by atoms with Gasteiger partial charge in [-0.05, 0) is 20.9 Å². The average Bonchev–Trinajstić information content (AvgIpc) is 2.34. The highest BCUT2D eigenvalue weighted by atomic mass is 16.6. The predicted molar refractivity (Wildman–Crippen MR) is 72.0 cm³/mol. The lowest BCUT2D eigenvalue weighted by atomic mass is 10.2. The van der Waals surface area contributed by atoms with Crippen LogP contribution in [0.15, 0.2) is 0 Å². The van der Waals surface area contributed by atoms with Gasteiger partial charge in [0, 0.05) is 26.2 Å². The number of nitrogens with zero attached hydrogens (tertiary/aromatic N) is 4. The summed E-state index contributed by atoms with van der Waals surface area (Å²) < 4.78 is 4.89. The Morgan fingerprint density at radius 2 is 1.58 bits per heavy atom. The van der Waals surface area contributed by atoms with Crippen molar-refractivity contribution in [1.29, 1.82) is 0 Å². The predicted octanol–water partition coefficient (Wildman–Crippen LogP) is -0.806. The summed E-state index contributed by atoms with van der Waals surface area (Å²) in [7, 11) is 0.240. The van der Waals surface area contributed by atoms with Gasteiger partial charge in [-0.1, -0.05) is 0 Å². The topological polar surface area (TPSA) is 82.0 Å². The molecule has 0 amide bonds. The second kappa shape index (κ2) is 5.73. The van der Waals surface area contributed by atoms with E-state index < -0.39 is 7.32 Å². The molecule has 0 radical (unpaired) electrons. The first kappa shape index (κ1) is 14.0. The minimum absolute atomic E-state index is 0.327. The molecule has 2 rings (SSSR count). The fourth-order valence-corrected chi connectivity index (χ4v) is 2.11. The normalized spacial score (nSPS) is 16.6. The van der Waals surface area contributed by atoms with Crippen LogP contribution in [0.25, 0.3) is 0 Å². The van der Waals surface area contributed by atoms with Gasteiger partial charge in [0.05, 0.1) is 11.4 Å². The Hall–Kier alpha value is -1.38. The standard InChI is InChI=1S/C11H19BN4O3/c1-8-10(19-12(17)18)9(2)14-11(13-8)16-6-4-15(3)5-7-16/h17-18H,4-7H2,1-3H3. The Balaban J connectivity index is 2.19. The second-order valence-electron chi connectivity index (χ2n) is 4.76. The third-order valence-electron chi connectivity index (χ3n) is 3.20. The number of hydrogen-bond acceptors (Lipinski definition) is 7. The van der Waals surface area contributed by atoms with Gasteiger partial charge in [0.1, 0.15) is 5.75 Å². The van der Waals surface area contributed by atoms with E-state index in [9.17, 15) is 0 Å². The maximum absolute atomic E-state index is 8.86. The number of anilines is 1. The molecular formula is C11H19BN4O3. The summed E-state index contributed by atoms with van der Waals surface area (Å²) in [6.07, 6.45) is 0. The highest BCUT2D eigenvalue weighted by Gasteiger charge is 2.21. The minimum atomic E-state index is -1.85. The fraction of sp³-hybridized carbons (Fsp3) is 0.636. The number of aryl methyl sites for hydroxylation is 2. The van der Waals surface area contributed by atoms with Crippen LogP contribution in [-0.4, -0.2) is 65.5 Å². The molecule has 0 bridgehead atoms. The monoisotopic (exact) mass is 266 g/mol.